The van der Waals surface area contributed by atoms with Crippen molar-refractivity contribution in [2.45, 2.75) is 32.6 Å². The lowest BCUT2D eigenvalue weighted by atomic mass is 9.87. The van der Waals surface area contributed by atoms with Crippen LogP contribution in [0.4, 0.5) is 5.69 Å². The van der Waals surface area contributed by atoms with E-state index in [1.54, 1.807) is 0 Å². The number of anilines is 1. The SMILES string of the molecule is CC(C)(C)c1ccc(C(=O)NCCCN2CCN(c3ccccc3)CC2)cc1. The summed E-state index contributed by atoms with van der Waals surface area (Å²) in [5.41, 5.74) is 3.41. The number of carbonyl (C=O) groups is 1. The van der Waals surface area contributed by atoms with Crippen LogP contribution in [0.1, 0.15) is 43.1 Å². The maximum absolute atomic E-state index is 12.3. The van der Waals surface area contributed by atoms with E-state index in [9.17, 15) is 4.79 Å². The van der Waals surface area contributed by atoms with Gasteiger partial charge in [0.2, 0.25) is 0 Å². The van der Waals surface area contributed by atoms with Crippen LogP contribution >= 0.6 is 0 Å². The van der Waals surface area contributed by atoms with Crippen molar-refractivity contribution in [1.29, 1.82) is 0 Å². The lowest BCUT2D eigenvalue weighted by Gasteiger charge is -2.36. The van der Waals surface area contributed by atoms with Crippen LogP contribution in [0.15, 0.2) is 54.6 Å². The Hall–Kier alpha value is -2.33. The van der Waals surface area contributed by atoms with Gasteiger partial charge in [-0.05, 0) is 48.2 Å². The van der Waals surface area contributed by atoms with Gasteiger partial charge in [-0.15, -0.1) is 0 Å². The highest BCUT2D eigenvalue weighted by Gasteiger charge is 2.17. The van der Waals surface area contributed by atoms with Crippen LogP contribution in [0.25, 0.3) is 0 Å². The molecule has 1 aliphatic heterocycles. The molecule has 1 saturated heterocycles. The molecule has 1 aliphatic rings. The van der Waals surface area contributed by atoms with Crippen LogP contribution < -0.4 is 10.2 Å². The molecular formula is C24H33N3O. The van der Waals surface area contributed by atoms with Crippen LogP contribution in [-0.4, -0.2) is 50.1 Å². The molecule has 0 aromatic heterocycles. The van der Waals surface area contributed by atoms with Gasteiger partial charge in [0.15, 0.2) is 0 Å². The second kappa shape index (κ2) is 9.24. The molecule has 1 N–H and O–H groups in total. The third-order valence-corrected chi connectivity index (χ3v) is 5.44. The summed E-state index contributed by atoms with van der Waals surface area (Å²) >= 11 is 0. The molecule has 3 rings (SSSR count). The molecule has 0 atom stereocenters. The Morgan fingerprint density at radius 3 is 2.18 bits per heavy atom. The number of nitrogens with zero attached hydrogens (tertiary/aromatic N) is 2. The molecule has 0 spiro atoms. The van der Waals surface area contributed by atoms with Crippen LogP contribution in [0, 0.1) is 0 Å². The number of hydrogen-bond donors (Lipinski definition) is 1. The van der Waals surface area contributed by atoms with Crippen LogP contribution in [0.5, 0.6) is 0 Å². The number of amides is 1. The molecule has 0 radical (unpaired) electrons. The molecule has 0 unspecified atom stereocenters. The van der Waals surface area contributed by atoms with E-state index < -0.39 is 0 Å². The first kappa shape index (κ1) is 20.4. The highest BCUT2D eigenvalue weighted by atomic mass is 16.1. The fourth-order valence-corrected chi connectivity index (χ4v) is 3.60. The first-order valence-corrected chi connectivity index (χ1v) is 10.3. The Labute approximate surface area is 169 Å². The fourth-order valence-electron chi connectivity index (χ4n) is 3.60. The number of rotatable bonds is 6. The Balaban J connectivity index is 1.35. The molecule has 1 heterocycles. The summed E-state index contributed by atoms with van der Waals surface area (Å²) in [6.07, 6.45) is 0.983. The van der Waals surface area contributed by atoms with E-state index in [0.717, 1.165) is 51.3 Å². The lowest BCUT2D eigenvalue weighted by molar-refractivity contribution is 0.0951. The van der Waals surface area contributed by atoms with E-state index >= 15 is 0 Å². The fraction of sp³-hybridized carbons (Fsp3) is 0.458. The van der Waals surface area contributed by atoms with E-state index in [1.807, 2.05) is 12.1 Å². The van der Waals surface area contributed by atoms with E-state index in [4.69, 9.17) is 0 Å². The maximum atomic E-state index is 12.3. The standard InChI is InChI=1S/C24H33N3O/c1-24(2,3)21-12-10-20(11-13-21)23(28)25-14-7-15-26-16-18-27(19-17-26)22-8-5-4-6-9-22/h4-6,8-13H,7,14-19H2,1-3H3,(H,25,28). The molecule has 1 fully saturated rings. The maximum Gasteiger partial charge on any atom is 0.251 e. The third kappa shape index (κ3) is 5.59. The number of nitrogens with one attached hydrogen (secondary N) is 1. The summed E-state index contributed by atoms with van der Waals surface area (Å²) < 4.78 is 0. The Bertz CT molecular complexity index is 742. The van der Waals surface area contributed by atoms with E-state index in [2.05, 4.69) is 78.4 Å². The molecular weight excluding hydrogens is 346 g/mol. The molecule has 0 bridgehead atoms. The van der Waals surface area contributed by atoms with Gasteiger partial charge in [0, 0.05) is 44.0 Å². The van der Waals surface area contributed by atoms with Crippen LogP contribution in [-0.2, 0) is 5.41 Å². The minimum atomic E-state index is 0.0226. The number of benzene rings is 2. The smallest absolute Gasteiger partial charge is 0.251 e. The molecule has 0 aliphatic carbocycles. The van der Waals surface area contributed by atoms with Gasteiger partial charge in [-0.3, -0.25) is 9.69 Å². The van der Waals surface area contributed by atoms with E-state index in [0.29, 0.717) is 0 Å². The zero-order valence-electron chi connectivity index (χ0n) is 17.4. The molecule has 0 saturated carbocycles. The molecule has 4 nitrogen and oxygen atoms in total. The topological polar surface area (TPSA) is 35.6 Å². The Morgan fingerprint density at radius 1 is 0.929 bits per heavy atom. The van der Waals surface area contributed by atoms with Gasteiger partial charge in [0.25, 0.3) is 5.91 Å². The van der Waals surface area contributed by atoms with Gasteiger partial charge in [0.1, 0.15) is 0 Å². The van der Waals surface area contributed by atoms with Crippen molar-refractivity contribution in [3.8, 4) is 0 Å². The highest BCUT2D eigenvalue weighted by molar-refractivity contribution is 5.94. The first-order chi connectivity index (χ1) is 13.4. The molecule has 2 aromatic rings. The molecule has 150 valence electrons. The summed E-state index contributed by atoms with van der Waals surface area (Å²) in [7, 11) is 0. The predicted octanol–water partition coefficient (Wildman–Crippen LogP) is 3.93. The minimum absolute atomic E-state index is 0.0226. The zero-order chi connectivity index (χ0) is 20.0. The van der Waals surface area contributed by atoms with Crippen LogP contribution in [0.3, 0.4) is 0 Å². The Kier molecular flexibility index (Phi) is 6.74. The average Bonchev–Trinajstić information content (AvgIpc) is 2.71. The average molecular weight is 380 g/mol. The second-order valence-corrected chi connectivity index (χ2v) is 8.60. The van der Waals surface area contributed by atoms with Crippen LogP contribution in [0.2, 0.25) is 0 Å². The molecule has 2 aromatic carbocycles. The lowest BCUT2D eigenvalue weighted by Crippen LogP contribution is -2.47. The van der Waals surface area contributed by atoms with Crippen molar-refractivity contribution in [3.63, 3.8) is 0 Å². The second-order valence-electron chi connectivity index (χ2n) is 8.60. The van der Waals surface area contributed by atoms with Crippen molar-refractivity contribution in [1.82, 2.24) is 10.2 Å². The predicted molar refractivity (Wildman–Crippen MR) is 117 cm³/mol. The highest BCUT2D eigenvalue weighted by Crippen LogP contribution is 2.22. The van der Waals surface area contributed by atoms with Crippen molar-refractivity contribution >= 4 is 11.6 Å². The minimum Gasteiger partial charge on any atom is -0.369 e. The number of carbonyl (C=O) groups excluding carboxylic acids is 1. The van der Waals surface area contributed by atoms with E-state index in [-0.39, 0.29) is 11.3 Å². The van der Waals surface area contributed by atoms with E-state index in [1.165, 1.54) is 11.3 Å². The Morgan fingerprint density at radius 2 is 1.57 bits per heavy atom. The molecule has 28 heavy (non-hydrogen) atoms. The summed E-state index contributed by atoms with van der Waals surface area (Å²) in [6.45, 7) is 12.6. The van der Waals surface area contributed by atoms with Crippen molar-refractivity contribution in [2.75, 3.05) is 44.2 Å². The molecule has 4 heteroatoms. The summed E-state index contributed by atoms with van der Waals surface area (Å²) in [5, 5.41) is 3.06. The number of para-hydroxylation sites is 1. The number of piperazine rings is 1. The zero-order valence-corrected chi connectivity index (χ0v) is 17.4. The van der Waals surface area contributed by atoms with Gasteiger partial charge in [-0.25, -0.2) is 0 Å². The van der Waals surface area contributed by atoms with Crippen molar-refractivity contribution in [3.05, 3.63) is 65.7 Å². The normalized spacial score (nSPS) is 15.5. The molecule has 1 amide bonds. The van der Waals surface area contributed by atoms with Crippen molar-refractivity contribution < 1.29 is 4.79 Å². The first-order valence-electron chi connectivity index (χ1n) is 10.3. The largest absolute Gasteiger partial charge is 0.369 e. The van der Waals surface area contributed by atoms with Crippen molar-refractivity contribution in [2.24, 2.45) is 0 Å². The quantitative estimate of drug-likeness (QED) is 0.773. The van der Waals surface area contributed by atoms with Gasteiger partial charge in [-0.1, -0.05) is 51.1 Å². The summed E-state index contributed by atoms with van der Waals surface area (Å²) in [6, 6.07) is 18.6. The monoisotopic (exact) mass is 379 g/mol. The van der Waals surface area contributed by atoms with Gasteiger partial charge in [-0.2, -0.15) is 0 Å². The third-order valence-electron chi connectivity index (χ3n) is 5.44. The van der Waals surface area contributed by atoms with Gasteiger partial charge >= 0.3 is 0 Å². The number of hydrogen-bond acceptors (Lipinski definition) is 3. The summed E-state index contributed by atoms with van der Waals surface area (Å²) in [4.78, 5) is 17.3. The van der Waals surface area contributed by atoms with Gasteiger partial charge < -0.3 is 10.2 Å². The summed E-state index contributed by atoms with van der Waals surface area (Å²) in [5.74, 6) is 0.0226. The van der Waals surface area contributed by atoms with Gasteiger partial charge in [0.05, 0.1) is 0 Å².